The average Bonchev–Trinajstić information content (AvgIpc) is 2.77. The van der Waals surface area contributed by atoms with Gasteiger partial charge < -0.3 is 9.47 Å². The fourth-order valence-corrected chi connectivity index (χ4v) is 5.61. The molecule has 0 radical (unpaired) electrons. The molecule has 0 spiro atoms. The van der Waals surface area contributed by atoms with E-state index in [-0.39, 0.29) is 11.4 Å². The van der Waals surface area contributed by atoms with Gasteiger partial charge in [-0.15, -0.1) is 0 Å². The lowest BCUT2D eigenvalue weighted by Gasteiger charge is -2.37. The molecule has 30 heavy (non-hydrogen) atoms. The molecule has 1 atom stereocenters. The van der Waals surface area contributed by atoms with Crippen molar-refractivity contribution in [3.63, 3.8) is 0 Å². The highest BCUT2D eigenvalue weighted by Gasteiger charge is 2.39. The maximum atomic E-state index is 14.4. The van der Waals surface area contributed by atoms with E-state index in [1.165, 1.54) is 22.5 Å². The zero-order valence-corrected chi connectivity index (χ0v) is 17.5. The summed E-state index contributed by atoms with van der Waals surface area (Å²) in [6, 6.07) is 17.9. The largest absolute Gasteiger partial charge is 0.493 e. The van der Waals surface area contributed by atoms with Crippen LogP contribution in [0.5, 0.6) is 11.5 Å². The van der Waals surface area contributed by atoms with Gasteiger partial charge in [-0.05, 0) is 47.4 Å². The molecule has 4 rings (SSSR count). The Bertz CT molecular complexity index is 1170. The number of rotatable bonds is 5. The summed E-state index contributed by atoms with van der Waals surface area (Å²) >= 11 is 0. The van der Waals surface area contributed by atoms with E-state index in [1.54, 1.807) is 14.2 Å². The Morgan fingerprint density at radius 1 is 0.933 bits per heavy atom. The highest BCUT2D eigenvalue weighted by atomic mass is 32.2. The summed E-state index contributed by atoms with van der Waals surface area (Å²) in [7, 11) is -0.975. The Morgan fingerprint density at radius 2 is 1.57 bits per heavy atom. The van der Waals surface area contributed by atoms with E-state index in [2.05, 4.69) is 0 Å². The number of ether oxygens (including phenoxy) is 2. The lowest BCUT2D eigenvalue weighted by molar-refractivity contribution is 0.331. The van der Waals surface area contributed by atoms with Gasteiger partial charge in [0.1, 0.15) is 10.7 Å². The summed E-state index contributed by atoms with van der Waals surface area (Å²) in [6.45, 7) is 0.221. The quantitative estimate of drug-likeness (QED) is 0.613. The second kappa shape index (κ2) is 8.08. The summed E-state index contributed by atoms with van der Waals surface area (Å²) in [5.74, 6) is 0.346. The fraction of sp³-hybridized carbons (Fsp3) is 0.217. The van der Waals surface area contributed by atoms with Crippen LogP contribution in [0.4, 0.5) is 4.39 Å². The molecule has 0 fully saturated rings. The van der Waals surface area contributed by atoms with Crippen LogP contribution in [-0.4, -0.2) is 33.5 Å². The van der Waals surface area contributed by atoms with Crippen LogP contribution in [0.3, 0.4) is 0 Å². The van der Waals surface area contributed by atoms with Gasteiger partial charge in [-0.25, -0.2) is 12.8 Å². The predicted molar refractivity (Wildman–Crippen MR) is 112 cm³/mol. The topological polar surface area (TPSA) is 55.8 Å². The minimum Gasteiger partial charge on any atom is -0.493 e. The molecule has 1 heterocycles. The second-order valence-electron chi connectivity index (χ2n) is 7.02. The lowest BCUT2D eigenvalue weighted by atomic mass is 9.89. The molecule has 0 saturated heterocycles. The number of fused-ring (bicyclic) bond motifs is 1. The number of hydrogen-bond donors (Lipinski definition) is 0. The van der Waals surface area contributed by atoms with Gasteiger partial charge in [0.05, 0.1) is 20.3 Å². The van der Waals surface area contributed by atoms with E-state index >= 15 is 0 Å². The van der Waals surface area contributed by atoms with Crippen LogP contribution < -0.4 is 9.47 Å². The SMILES string of the molecule is COc1cc2c(cc1OC)C(c1ccccc1)N(S(=O)(=O)c1ccccc1F)CC2. The molecular weight excluding hydrogens is 405 g/mol. The van der Waals surface area contributed by atoms with Crippen LogP contribution in [-0.2, 0) is 16.4 Å². The highest BCUT2D eigenvalue weighted by Crippen LogP contribution is 2.43. The van der Waals surface area contributed by atoms with Crippen molar-refractivity contribution in [3.8, 4) is 11.5 Å². The third-order valence-corrected chi connectivity index (χ3v) is 7.27. The third kappa shape index (κ3) is 3.44. The predicted octanol–water partition coefficient (Wildman–Crippen LogP) is 4.18. The van der Waals surface area contributed by atoms with Gasteiger partial charge in [0.25, 0.3) is 0 Å². The first-order valence-corrected chi connectivity index (χ1v) is 11.0. The molecule has 1 unspecified atom stereocenters. The molecule has 1 aliphatic heterocycles. The minimum absolute atomic E-state index is 0.221. The van der Waals surface area contributed by atoms with E-state index in [0.717, 1.165) is 22.8 Å². The summed E-state index contributed by atoms with van der Waals surface area (Å²) in [5, 5.41) is 0. The number of benzene rings is 3. The molecule has 0 N–H and O–H groups in total. The van der Waals surface area contributed by atoms with Gasteiger partial charge in [0.2, 0.25) is 10.0 Å². The second-order valence-corrected chi connectivity index (χ2v) is 8.87. The molecule has 156 valence electrons. The summed E-state index contributed by atoms with van der Waals surface area (Å²) < 4.78 is 53.7. The molecule has 0 amide bonds. The molecule has 3 aromatic carbocycles. The van der Waals surface area contributed by atoms with Crippen molar-refractivity contribution in [2.75, 3.05) is 20.8 Å². The summed E-state index contributed by atoms with van der Waals surface area (Å²) in [4.78, 5) is -0.324. The van der Waals surface area contributed by atoms with Crippen LogP contribution in [0.15, 0.2) is 71.6 Å². The number of nitrogens with zero attached hydrogens (tertiary/aromatic N) is 1. The van der Waals surface area contributed by atoms with Crippen molar-refractivity contribution < 1.29 is 22.3 Å². The third-order valence-electron chi connectivity index (χ3n) is 5.37. The number of halogens is 1. The van der Waals surface area contributed by atoms with E-state index in [1.807, 2.05) is 42.5 Å². The van der Waals surface area contributed by atoms with Crippen LogP contribution in [0.25, 0.3) is 0 Å². The van der Waals surface area contributed by atoms with Crippen molar-refractivity contribution in [1.82, 2.24) is 4.31 Å². The molecule has 7 heteroatoms. The number of sulfonamides is 1. The Hall–Kier alpha value is -2.90. The lowest BCUT2D eigenvalue weighted by Crippen LogP contribution is -2.40. The van der Waals surface area contributed by atoms with Gasteiger partial charge in [0, 0.05) is 6.54 Å². The molecule has 1 aliphatic rings. The smallest absolute Gasteiger partial charge is 0.246 e. The van der Waals surface area contributed by atoms with Gasteiger partial charge in [-0.3, -0.25) is 0 Å². The van der Waals surface area contributed by atoms with Crippen molar-refractivity contribution in [2.45, 2.75) is 17.4 Å². The zero-order chi connectivity index (χ0) is 21.3. The molecule has 0 aliphatic carbocycles. The van der Waals surface area contributed by atoms with Crippen LogP contribution in [0.2, 0.25) is 0 Å². The van der Waals surface area contributed by atoms with Crippen LogP contribution >= 0.6 is 0 Å². The van der Waals surface area contributed by atoms with Crippen LogP contribution in [0.1, 0.15) is 22.7 Å². The average molecular weight is 427 g/mol. The van der Waals surface area contributed by atoms with E-state index in [9.17, 15) is 12.8 Å². The van der Waals surface area contributed by atoms with Crippen molar-refractivity contribution >= 4 is 10.0 Å². The first-order valence-electron chi connectivity index (χ1n) is 9.53. The first-order chi connectivity index (χ1) is 14.5. The van der Waals surface area contributed by atoms with Crippen molar-refractivity contribution in [3.05, 3.63) is 89.2 Å². The minimum atomic E-state index is -4.08. The van der Waals surface area contributed by atoms with E-state index in [4.69, 9.17) is 9.47 Å². The molecular formula is C23H22FNO4S. The molecule has 5 nitrogen and oxygen atoms in total. The standard InChI is InChI=1S/C23H22FNO4S/c1-28-20-14-17-12-13-25(30(26,27)22-11-7-6-10-19(22)24)23(16-8-4-3-5-9-16)18(17)15-21(20)29-2/h3-11,14-15,23H,12-13H2,1-2H3. The number of methoxy groups -OCH3 is 2. The Kier molecular flexibility index (Phi) is 5.49. The molecule has 3 aromatic rings. The van der Waals surface area contributed by atoms with Gasteiger partial charge in [-0.2, -0.15) is 4.31 Å². The molecule has 0 saturated carbocycles. The maximum Gasteiger partial charge on any atom is 0.246 e. The highest BCUT2D eigenvalue weighted by molar-refractivity contribution is 7.89. The van der Waals surface area contributed by atoms with Crippen molar-refractivity contribution in [1.29, 1.82) is 0 Å². The molecule has 0 aromatic heterocycles. The zero-order valence-electron chi connectivity index (χ0n) is 16.7. The maximum absolute atomic E-state index is 14.4. The summed E-state index contributed by atoms with van der Waals surface area (Å²) in [5.41, 5.74) is 2.57. The first kappa shape index (κ1) is 20.4. The Labute approximate surface area is 175 Å². The fourth-order valence-electron chi connectivity index (χ4n) is 3.94. The van der Waals surface area contributed by atoms with Gasteiger partial charge in [0.15, 0.2) is 11.5 Å². The van der Waals surface area contributed by atoms with Crippen LogP contribution in [0, 0.1) is 5.82 Å². The van der Waals surface area contributed by atoms with Gasteiger partial charge >= 0.3 is 0 Å². The van der Waals surface area contributed by atoms with Gasteiger partial charge in [-0.1, -0.05) is 42.5 Å². The Morgan fingerprint density at radius 3 is 2.23 bits per heavy atom. The summed E-state index contributed by atoms with van der Waals surface area (Å²) in [6.07, 6.45) is 0.479. The Balaban J connectivity index is 1.92. The van der Waals surface area contributed by atoms with Crippen molar-refractivity contribution in [2.24, 2.45) is 0 Å². The van der Waals surface area contributed by atoms with E-state index < -0.39 is 21.9 Å². The number of hydrogen-bond acceptors (Lipinski definition) is 4. The monoisotopic (exact) mass is 427 g/mol. The van der Waals surface area contributed by atoms with E-state index in [0.29, 0.717) is 17.9 Å². The normalized spacial score (nSPS) is 16.7. The molecule has 0 bridgehead atoms.